The van der Waals surface area contributed by atoms with Crippen LogP contribution in [0.15, 0.2) is 35.1 Å². The largest absolute Gasteiger partial charge is 0.490 e. The number of aryl methyl sites for hydroxylation is 1. The fraction of sp³-hybridized carbons (Fsp3) is 0.375. The number of alkyl halides is 3. The lowest BCUT2D eigenvalue weighted by molar-refractivity contribution is -0.385. The summed E-state index contributed by atoms with van der Waals surface area (Å²) in [7, 11) is 1.47. The van der Waals surface area contributed by atoms with Crippen LogP contribution in [-0.2, 0) is 19.6 Å². The van der Waals surface area contributed by atoms with Crippen molar-refractivity contribution in [3.05, 3.63) is 73.7 Å². The number of nitro benzene ring substituents is 1. The molecule has 14 heteroatoms. The van der Waals surface area contributed by atoms with Gasteiger partial charge in [-0.2, -0.15) is 17.9 Å². The van der Waals surface area contributed by atoms with Gasteiger partial charge >= 0.3 is 11.9 Å². The molecule has 1 unspecified atom stereocenters. The van der Waals surface area contributed by atoms with E-state index < -0.39 is 57.1 Å². The molecule has 0 aliphatic heterocycles. The minimum absolute atomic E-state index is 0.189. The molecule has 3 rings (SSSR count). The first-order valence-corrected chi connectivity index (χ1v) is 11.6. The van der Waals surface area contributed by atoms with E-state index >= 15 is 4.39 Å². The highest BCUT2D eigenvalue weighted by Crippen LogP contribution is 2.38. The molecule has 0 radical (unpaired) electrons. The summed E-state index contributed by atoms with van der Waals surface area (Å²) in [6.07, 6.45) is -3.88. The number of anilines is 1. The number of rotatable bonds is 9. The molecule has 10 nitrogen and oxygen atoms in total. The lowest BCUT2D eigenvalue weighted by Gasteiger charge is -2.19. The molecule has 0 saturated heterocycles. The second kappa shape index (κ2) is 11.0. The van der Waals surface area contributed by atoms with Crippen LogP contribution < -0.4 is 15.7 Å². The van der Waals surface area contributed by atoms with E-state index in [9.17, 15) is 32.9 Å². The van der Waals surface area contributed by atoms with Gasteiger partial charge in [-0.1, -0.05) is 20.3 Å². The molecular weight excluding hydrogens is 514 g/mol. The Kier molecular flexibility index (Phi) is 8.22. The van der Waals surface area contributed by atoms with Crippen LogP contribution in [-0.4, -0.2) is 31.3 Å². The van der Waals surface area contributed by atoms with Crippen LogP contribution in [0, 0.1) is 15.9 Å². The van der Waals surface area contributed by atoms with Gasteiger partial charge in [0.25, 0.3) is 11.6 Å². The van der Waals surface area contributed by atoms with Crippen molar-refractivity contribution < 1.29 is 32.0 Å². The summed E-state index contributed by atoms with van der Waals surface area (Å²) in [4.78, 5) is 35.7. The molecule has 1 atom stereocenters. The highest BCUT2D eigenvalue weighted by molar-refractivity contribution is 6.07. The number of nitrogens with zero attached hydrogens (tertiary/aromatic N) is 4. The Morgan fingerprint density at radius 1 is 1.24 bits per heavy atom. The molecule has 2 aromatic carbocycles. The zero-order valence-corrected chi connectivity index (χ0v) is 20.9. The normalized spacial score (nSPS) is 12.3. The molecule has 1 N–H and O–H groups in total. The minimum atomic E-state index is -5.03. The van der Waals surface area contributed by atoms with E-state index in [2.05, 4.69) is 5.10 Å². The number of carbonyl (C=O) groups excluding carboxylic acids is 1. The maximum Gasteiger partial charge on any atom is 0.418 e. The first-order valence-electron chi connectivity index (χ1n) is 11.6. The summed E-state index contributed by atoms with van der Waals surface area (Å²) >= 11 is 0. The van der Waals surface area contributed by atoms with Crippen molar-refractivity contribution in [2.75, 3.05) is 5.32 Å². The van der Waals surface area contributed by atoms with Crippen molar-refractivity contribution in [1.82, 2.24) is 14.3 Å². The second-order valence-corrected chi connectivity index (χ2v) is 8.48. The molecule has 1 heterocycles. The average Bonchev–Trinajstić information content (AvgIpc) is 3.12. The number of ether oxygens (including phenoxy) is 1. The van der Waals surface area contributed by atoms with Crippen LogP contribution in [0.5, 0.6) is 5.75 Å². The third-order valence-electron chi connectivity index (χ3n) is 5.70. The van der Waals surface area contributed by atoms with Gasteiger partial charge < -0.3 is 10.1 Å². The first kappa shape index (κ1) is 28.3. The highest BCUT2D eigenvalue weighted by atomic mass is 19.4. The molecule has 3 aromatic rings. The zero-order valence-electron chi connectivity index (χ0n) is 20.9. The van der Waals surface area contributed by atoms with Crippen molar-refractivity contribution in [3.63, 3.8) is 0 Å². The summed E-state index contributed by atoms with van der Waals surface area (Å²) in [5.74, 6) is -2.02. The zero-order chi connectivity index (χ0) is 28.4. The third-order valence-corrected chi connectivity index (χ3v) is 5.70. The van der Waals surface area contributed by atoms with E-state index in [1.54, 1.807) is 13.8 Å². The number of nitro groups is 1. The van der Waals surface area contributed by atoms with Crippen LogP contribution in [0.2, 0.25) is 0 Å². The molecule has 1 amide bonds. The standard InChI is InChI=1S/C24H25F4N5O5/c1-5-7-13(3)38-20-12-19(32-23(35)31(4)21(6-2)30-32)17(25)11-15(20)22(34)29-18-9-8-14(33(36)37)10-16(18)24(26,27)28/h8-13H,5-7H2,1-4H3,(H,29,34). The Bertz CT molecular complexity index is 1430. The van der Waals surface area contributed by atoms with Crippen LogP contribution in [0.3, 0.4) is 0 Å². The Morgan fingerprint density at radius 2 is 1.92 bits per heavy atom. The SMILES string of the molecule is CCCC(C)Oc1cc(-n2nc(CC)n(C)c2=O)c(F)cc1C(=O)Nc1ccc([N+](=O)[O-])cc1C(F)(F)F. The van der Waals surface area contributed by atoms with Gasteiger partial charge in [-0.05, 0) is 25.5 Å². The summed E-state index contributed by atoms with van der Waals surface area (Å²) in [6, 6.07) is 3.66. The van der Waals surface area contributed by atoms with E-state index in [0.29, 0.717) is 31.2 Å². The maximum absolute atomic E-state index is 15.2. The molecule has 204 valence electrons. The predicted molar refractivity (Wildman–Crippen MR) is 129 cm³/mol. The van der Waals surface area contributed by atoms with Crippen LogP contribution in [0.25, 0.3) is 5.69 Å². The van der Waals surface area contributed by atoms with Crippen LogP contribution in [0.1, 0.15) is 55.4 Å². The number of amides is 1. The smallest absolute Gasteiger partial charge is 0.418 e. The molecule has 1 aromatic heterocycles. The molecule has 0 bridgehead atoms. The van der Waals surface area contributed by atoms with E-state index in [1.165, 1.54) is 11.6 Å². The molecule has 0 aliphatic rings. The van der Waals surface area contributed by atoms with Crippen LogP contribution >= 0.6 is 0 Å². The Morgan fingerprint density at radius 3 is 2.47 bits per heavy atom. The number of hydrogen-bond acceptors (Lipinski definition) is 6. The number of aromatic nitrogens is 3. The summed E-state index contributed by atoms with van der Waals surface area (Å²) < 4.78 is 63.9. The van der Waals surface area contributed by atoms with Gasteiger partial charge in [0.15, 0.2) is 0 Å². The van der Waals surface area contributed by atoms with Gasteiger partial charge in [0, 0.05) is 31.7 Å². The van der Waals surface area contributed by atoms with E-state index in [1.807, 2.05) is 12.2 Å². The number of hydrogen-bond donors (Lipinski definition) is 1. The molecule has 0 fully saturated rings. The lowest BCUT2D eigenvalue weighted by Crippen LogP contribution is -2.24. The molecule has 38 heavy (non-hydrogen) atoms. The maximum atomic E-state index is 15.2. The molecule has 0 saturated carbocycles. The van der Waals surface area contributed by atoms with Gasteiger partial charge in [-0.25, -0.2) is 9.18 Å². The Labute approximate surface area is 214 Å². The molecular formula is C24H25F4N5O5. The highest BCUT2D eigenvalue weighted by Gasteiger charge is 2.36. The van der Waals surface area contributed by atoms with Crippen molar-refractivity contribution in [2.24, 2.45) is 7.05 Å². The van der Waals surface area contributed by atoms with Gasteiger partial charge in [0.2, 0.25) is 0 Å². The lowest BCUT2D eigenvalue weighted by atomic mass is 10.1. The number of carbonyl (C=O) groups is 1. The number of halogens is 4. The van der Waals surface area contributed by atoms with E-state index in [0.717, 1.165) is 28.9 Å². The van der Waals surface area contributed by atoms with Gasteiger partial charge in [0.1, 0.15) is 23.1 Å². The van der Waals surface area contributed by atoms with Gasteiger partial charge in [-0.15, -0.1) is 5.10 Å². The summed E-state index contributed by atoms with van der Waals surface area (Å²) in [5, 5.41) is 17.1. The predicted octanol–water partition coefficient (Wildman–Crippen LogP) is 5.02. The Hall–Kier alpha value is -4.23. The van der Waals surface area contributed by atoms with E-state index in [4.69, 9.17) is 4.74 Å². The average molecular weight is 539 g/mol. The monoisotopic (exact) mass is 539 g/mol. The first-order chi connectivity index (χ1) is 17.8. The third kappa shape index (κ3) is 5.84. The van der Waals surface area contributed by atoms with Crippen molar-refractivity contribution in [2.45, 2.75) is 52.3 Å². The fourth-order valence-electron chi connectivity index (χ4n) is 3.78. The summed E-state index contributed by atoms with van der Waals surface area (Å²) in [6.45, 7) is 5.33. The summed E-state index contributed by atoms with van der Waals surface area (Å²) in [5.41, 5.74) is -4.45. The van der Waals surface area contributed by atoms with Gasteiger partial charge in [-0.3, -0.25) is 19.5 Å². The quantitative estimate of drug-likeness (QED) is 0.232. The molecule has 0 spiro atoms. The molecule has 0 aliphatic carbocycles. The minimum Gasteiger partial charge on any atom is -0.490 e. The van der Waals surface area contributed by atoms with Crippen LogP contribution in [0.4, 0.5) is 28.9 Å². The number of nitrogens with one attached hydrogen (secondary N) is 1. The second-order valence-electron chi connectivity index (χ2n) is 8.48. The van der Waals surface area contributed by atoms with Crippen molar-refractivity contribution in [1.29, 1.82) is 0 Å². The Balaban J connectivity index is 2.12. The van der Waals surface area contributed by atoms with E-state index in [-0.39, 0.29) is 11.4 Å². The topological polar surface area (TPSA) is 121 Å². The number of benzene rings is 2. The van der Waals surface area contributed by atoms with Crippen molar-refractivity contribution >= 4 is 17.3 Å². The van der Waals surface area contributed by atoms with Gasteiger partial charge in [0.05, 0.1) is 27.8 Å². The fourth-order valence-corrected chi connectivity index (χ4v) is 3.78. The number of non-ortho nitro benzene ring substituents is 1. The van der Waals surface area contributed by atoms with Crippen molar-refractivity contribution in [3.8, 4) is 11.4 Å².